The molecule has 1 aromatic heterocycles. The molecule has 0 unspecified atom stereocenters. The number of nitrogens with one attached hydrogen (secondary N) is 2. The number of anilines is 1. The van der Waals surface area contributed by atoms with Gasteiger partial charge in [-0.15, -0.1) is 0 Å². The molecule has 0 atom stereocenters. The number of aromatic nitrogens is 2. The lowest BCUT2D eigenvalue weighted by Gasteiger charge is -2.18. The minimum Gasteiger partial charge on any atom is -0.495 e. The van der Waals surface area contributed by atoms with Gasteiger partial charge < -0.3 is 4.74 Å². The van der Waals surface area contributed by atoms with Gasteiger partial charge >= 0.3 is 0 Å². The molecule has 3 aromatic rings. The summed E-state index contributed by atoms with van der Waals surface area (Å²) < 4.78 is 34.0. The summed E-state index contributed by atoms with van der Waals surface area (Å²) >= 11 is 5.88. The number of H-pyrrole nitrogens is 1. The zero-order valence-corrected chi connectivity index (χ0v) is 17.8. The van der Waals surface area contributed by atoms with Gasteiger partial charge in [0, 0.05) is 21.8 Å². The van der Waals surface area contributed by atoms with Gasteiger partial charge in [0.05, 0.1) is 12.8 Å². The van der Waals surface area contributed by atoms with Crippen LogP contribution in [0.2, 0.25) is 5.02 Å². The van der Waals surface area contributed by atoms with Crippen molar-refractivity contribution in [1.82, 2.24) is 10.2 Å². The molecular weight excluding hydrogens is 426 g/mol. The van der Waals surface area contributed by atoms with Gasteiger partial charge in [-0.3, -0.25) is 9.52 Å². The van der Waals surface area contributed by atoms with Gasteiger partial charge in [-0.2, -0.15) is 5.10 Å². The Labute approximate surface area is 179 Å². The van der Waals surface area contributed by atoms with Gasteiger partial charge in [-0.25, -0.2) is 13.5 Å². The Morgan fingerprint density at radius 1 is 1.07 bits per heavy atom. The van der Waals surface area contributed by atoms with Crippen LogP contribution in [0.15, 0.2) is 52.2 Å². The standard InChI is InChI=1S/C21H20ClN3O4S/c1-29-18-11-6-13(20-16-4-2-3-5-17(16)21(26)24-23-20)12-19(18)30(27,28)25-15-9-7-14(22)8-10-15/h6-12,25H,2-5H2,1H3,(H,24,26). The Morgan fingerprint density at radius 2 is 1.77 bits per heavy atom. The molecule has 30 heavy (non-hydrogen) atoms. The Hall–Kier alpha value is -2.84. The molecule has 0 spiro atoms. The molecule has 2 N–H and O–H groups in total. The van der Waals surface area contributed by atoms with Gasteiger partial charge in [0.2, 0.25) is 0 Å². The molecule has 7 nitrogen and oxygen atoms in total. The van der Waals surface area contributed by atoms with Crippen molar-refractivity contribution in [2.75, 3.05) is 11.8 Å². The normalized spacial score (nSPS) is 13.5. The van der Waals surface area contributed by atoms with Gasteiger partial charge in [0.1, 0.15) is 10.6 Å². The molecule has 1 heterocycles. The van der Waals surface area contributed by atoms with Gasteiger partial charge in [-0.05, 0) is 73.7 Å². The van der Waals surface area contributed by atoms with E-state index in [0.29, 0.717) is 28.4 Å². The van der Waals surface area contributed by atoms with Crippen molar-refractivity contribution in [1.29, 1.82) is 0 Å². The first-order valence-corrected chi connectivity index (χ1v) is 11.3. The predicted molar refractivity (Wildman–Crippen MR) is 116 cm³/mol. The summed E-state index contributed by atoms with van der Waals surface area (Å²) in [6.07, 6.45) is 3.34. The number of halogens is 1. The molecule has 1 aliphatic rings. The first kappa shape index (κ1) is 20.4. The van der Waals surface area contributed by atoms with E-state index in [2.05, 4.69) is 14.9 Å². The van der Waals surface area contributed by atoms with Crippen molar-refractivity contribution in [3.63, 3.8) is 0 Å². The fraction of sp³-hybridized carbons (Fsp3) is 0.238. The Morgan fingerprint density at radius 3 is 2.47 bits per heavy atom. The zero-order valence-electron chi connectivity index (χ0n) is 16.2. The third-order valence-corrected chi connectivity index (χ3v) is 6.77. The summed E-state index contributed by atoms with van der Waals surface area (Å²) in [6.45, 7) is 0. The lowest BCUT2D eigenvalue weighted by molar-refractivity contribution is 0.403. The van der Waals surface area contributed by atoms with Crippen molar-refractivity contribution < 1.29 is 13.2 Å². The summed E-state index contributed by atoms with van der Waals surface area (Å²) in [6, 6.07) is 11.2. The molecule has 0 fully saturated rings. The minimum atomic E-state index is -3.95. The number of aromatic amines is 1. The van der Waals surface area contributed by atoms with Crippen LogP contribution in [0.4, 0.5) is 5.69 Å². The molecule has 156 valence electrons. The number of nitrogens with zero attached hydrogens (tertiary/aromatic N) is 1. The second kappa shape index (κ2) is 8.12. The van der Waals surface area contributed by atoms with Gasteiger partial charge in [0.25, 0.3) is 15.6 Å². The first-order chi connectivity index (χ1) is 14.4. The highest BCUT2D eigenvalue weighted by Gasteiger charge is 2.24. The molecule has 4 rings (SSSR count). The molecule has 0 aliphatic heterocycles. The van der Waals surface area contributed by atoms with Crippen molar-refractivity contribution in [3.8, 4) is 17.0 Å². The Bertz CT molecular complexity index is 1250. The van der Waals surface area contributed by atoms with Crippen LogP contribution in [-0.2, 0) is 22.9 Å². The van der Waals surface area contributed by atoms with Crippen molar-refractivity contribution in [2.45, 2.75) is 30.6 Å². The van der Waals surface area contributed by atoms with E-state index < -0.39 is 10.0 Å². The third-order valence-electron chi connectivity index (χ3n) is 5.12. The smallest absolute Gasteiger partial charge is 0.267 e. The zero-order chi connectivity index (χ0) is 21.3. The number of benzene rings is 2. The summed E-state index contributed by atoms with van der Waals surface area (Å²) in [4.78, 5) is 12.1. The van der Waals surface area contributed by atoms with E-state index in [1.54, 1.807) is 36.4 Å². The molecule has 0 bridgehead atoms. The Kier molecular flexibility index (Phi) is 5.53. The van der Waals surface area contributed by atoms with Crippen LogP contribution in [-0.4, -0.2) is 25.7 Å². The number of ether oxygens (including phenoxy) is 1. The van der Waals surface area contributed by atoms with Crippen LogP contribution in [0.25, 0.3) is 11.3 Å². The summed E-state index contributed by atoms with van der Waals surface area (Å²) in [5.74, 6) is 0.207. The van der Waals surface area contributed by atoms with E-state index in [0.717, 1.165) is 30.4 Å². The fourth-order valence-corrected chi connectivity index (χ4v) is 5.04. The van der Waals surface area contributed by atoms with Crippen molar-refractivity contribution in [3.05, 3.63) is 69.0 Å². The van der Waals surface area contributed by atoms with E-state index in [1.807, 2.05) is 0 Å². The summed E-state index contributed by atoms with van der Waals surface area (Å²) in [5.41, 5.74) is 3.00. The van der Waals surface area contributed by atoms with E-state index in [4.69, 9.17) is 16.3 Å². The molecule has 2 aromatic carbocycles. The van der Waals surface area contributed by atoms with Crippen LogP contribution < -0.4 is 15.0 Å². The number of methoxy groups -OCH3 is 1. The third kappa shape index (κ3) is 3.93. The van der Waals surface area contributed by atoms with E-state index in [9.17, 15) is 13.2 Å². The first-order valence-electron chi connectivity index (χ1n) is 9.46. The molecular formula is C21H20ClN3O4S. The number of sulfonamides is 1. The average Bonchev–Trinajstić information content (AvgIpc) is 2.75. The van der Waals surface area contributed by atoms with Crippen LogP contribution in [0.5, 0.6) is 5.75 Å². The maximum atomic E-state index is 13.1. The SMILES string of the molecule is COc1ccc(-c2n[nH]c(=O)c3c2CCCC3)cc1S(=O)(=O)Nc1ccc(Cl)cc1. The maximum absolute atomic E-state index is 13.1. The van der Waals surface area contributed by atoms with Crippen LogP contribution in [0.1, 0.15) is 24.0 Å². The molecule has 1 aliphatic carbocycles. The average molecular weight is 446 g/mol. The molecule has 0 radical (unpaired) electrons. The quantitative estimate of drug-likeness (QED) is 0.622. The van der Waals surface area contributed by atoms with Crippen LogP contribution >= 0.6 is 11.6 Å². The van der Waals surface area contributed by atoms with E-state index in [-0.39, 0.29) is 16.2 Å². The number of fused-ring (bicyclic) bond motifs is 1. The molecule has 0 amide bonds. The highest BCUT2D eigenvalue weighted by molar-refractivity contribution is 7.92. The predicted octanol–water partition coefficient (Wildman–Crippen LogP) is 3.78. The number of hydrogen-bond donors (Lipinski definition) is 2. The number of hydrogen-bond acceptors (Lipinski definition) is 5. The van der Waals surface area contributed by atoms with Crippen molar-refractivity contribution in [2.24, 2.45) is 0 Å². The largest absolute Gasteiger partial charge is 0.495 e. The summed E-state index contributed by atoms with van der Waals surface area (Å²) in [5, 5.41) is 7.28. The van der Waals surface area contributed by atoms with Gasteiger partial charge in [0.15, 0.2) is 0 Å². The lowest BCUT2D eigenvalue weighted by Crippen LogP contribution is -2.21. The fourth-order valence-electron chi connectivity index (χ4n) is 3.66. The Balaban J connectivity index is 1.80. The van der Waals surface area contributed by atoms with Gasteiger partial charge in [-0.1, -0.05) is 11.6 Å². The lowest BCUT2D eigenvalue weighted by atomic mass is 9.90. The highest BCUT2D eigenvalue weighted by atomic mass is 35.5. The second-order valence-corrected chi connectivity index (χ2v) is 9.13. The van der Waals surface area contributed by atoms with Crippen molar-refractivity contribution >= 4 is 27.3 Å². The molecule has 9 heteroatoms. The minimum absolute atomic E-state index is 0.0185. The molecule has 0 saturated heterocycles. The topological polar surface area (TPSA) is 101 Å². The number of rotatable bonds is 5. The highest BCUT2D eigenvalue weighted by Crippen LogP contribution is 2.33. The van der Waals surface area contributed by atoms with Crippen LogP contribution in [0, 0.1) is 0 Å². The summed E-state index contributed by atoms with van der Waals surface area (Å²) in [7, 11) is -2.53. The van der Waals surface area contributed by atoms with E-state index >= 15 is 0 Å². The maximum Gasteiger partial charge on any atom is 0.267 e. The monoisotopic (exact) mass is 445 g/mol. The second-order valence-electron chi connectivity index (χ2n) is 7.04. The van der Waals surface area contributed by atoms with Crippen LogP contribution in [0.3, 0.4) is 0 Å². The van der Waals surface area contributed by atoms with E-state index in [1.165, 1.54) is 13.2 Å². The molecule has 0 saturated carbocycles.